The highest BCUT2D eigenvalue weighted by atomic mass is 16.3. The van der Waals surface area contributed by atoms with E-state index in [-0.39, 0.29) is 17.9 Å². The fourth-order valence-corrected chi connectivity index (χ4v) is 3.24. The van der Waals surface area contributed by atoms with Crippen LogP contribution in [-0.2, 0) is 4.79 Å². The predicted octanol–water partition coefficient (Wildman–Crippen LogP) is 2.89. The van der Waals surface area contributed by atoms with Gasteiger partial charge in [0, 0.05) is 0 Å². The molecular formula is C20H40N6O3. The Morgan fingerprint density at radius 3 is 1.79 bits per heavy atom. The average Bonchev–Trinajstić information content (AvgIpc) is 3.23. The average molecular weight is 413 g/mol. The van der Waals surface area contributed by atoms with Crippen molar-refractivity contribution in [3.63, 3.8) is 0 Å². The van der Waals surface area contributed by atoms with Crippen molar-refractivity contribution in [1.29, 1.82) is 0 Å². The van der Waals surface area contributed by atoms with Crippen LogP contribution < -0.4 is 0 Å². The Kier molecular flexibility index (Phi) is 11.3. The Bertz CT molecular complexity index is 540. The molecule has 2 aliphatic rings. The number of β-amino-alcohol motifs (C(OH)–C–C–N with tert-alkyl or cyclic N) is 2. The van der Waals surface area contributed by atoms with E-state index in [2.05, 4.69) is 55.3 Å². The minimum atomic E-state index is -0.394. The molecule has 0 spiro atoms. The van der Waals surface area contributed by atoms with Gasteiger partial charge in [0.05, 0.1) is 44.4 Å². The molecule has 0 fully saturated rings. The van der Waals surface area contributed by atoms with Crippen LogP contribution in [0, 0.1) is 11.8 Å². The predicted molar refractivity (Wildman–Crippen MR) is 112 cm³/mol. The van der Waals surface area contributed by atoms with Crippen LogP contribution in [0.4, 0.5) is 0 Å². The second kappa shape index (κ2) is 12.8. The number of hydrogen-bond donors (Lipinski definition) is 2. The summed E-state index contributed by atoms with van der Waals surface area (Å²) < 4.78 is 0. The minimum absolute atomic E-state index is 0.0274. The van der Waals surface area contributed by atoms with Crippen molar-refractivity contribution in [3.05, 3.63) is 0 Å². The van der Waals surface area contributed by atoms with E-state index in [9.17, 15) is 15.0 Å². The van der Waals surface area contributed by atoms with E-state index in [1.165, 1.54) is 6.92 Å². The molecule has 9 heteroatoms. The molecule has 2 N–H and O–H groups in total. The van der Waals surface area contributed by atoms with Gasteiger partial charge in [-0.25, -0.2) is 0 Å². The first kappa shape index (κ1) is 25.4. The summed E-state index contributed by atoms with van der Waals surface area (Å²) in [5.41, 5.74) is 0. The zero-order valence-corrected chi connectivity index (χ0v) is 18.9. The van der Waals surface area contributed by atoms with E-state index in [1.807, 2.05) is 5.01 Å². The van der Waals surface area contributed by atoms with E-state index >= 15 is 0 Å². The monoisotopic (exact) mass is 412 g/mol. The van der Waals surface area contributed by atoms with Crippen LogP contribution in [0.5, 0.6) is 0 Å². The fourth-order valence-electron chi connectivity index (χ4n) is 3.24. The summed E-state index contributed by atoms with van der Waals surface area (Å²) in [6.45, 7) is 14.4. The van der Waals surface area contributed by atoms with Crippen LogP contribution in [-0.4, -0.2) is 76.5 Å². The topological polar surface area (TPSA) is 113 Å². The molecule has 0 radical (unpaired) electrons. The van der Waals surface area contributed by atoms with Gasteiger partial charge >= 0.3 is 0 Å². The van der Waals surface area contributed by atoms with Crippen LogP contribution in [0.25, 0.3) is 0 Å². The molecule has 0 amide bonds. The van der Waals surface area contributed by atoms with Crippen molar-refractivity contribution >= 4 is 5.78 Å². The highest BCUT2D eigenvalue weighted by molar-refractivity contribution is 5.81. The van der Waals surface area contributed by atoms with Crippen molar-refractivity contribution in [3.8, 4) is 0 Å². The number of nitrogens with zero attached hydrogens (tertiary/aromatic N) is 6. The summed E-state index contributed by atoms with van der Waals surface area (Å²) in [7, 11) is 0. The molecule has 0 aromatic heterocycles. The van der Waals surface area contributed by atoms with Crippen LogP contribution in [0.1, 0.15) is 60.8 Å². The molecule has 0 aliphatic carbocycles. The third kappa shape index (κ3) is 10.7. The maximum atomic E-state index is 11.0. The van der Waals surface area contributed by atoms with Gasteiger partial charge in [0.25, 0.3) is 0 Å². The normalized spacial score (nSPS) is 23.0. The highest BCUT2D eigenvalue weighted by Gasteiger charge is 2.24. The van der Waals surface area contributed by atoms with Crippen molar-refractivity contribution < 1.29 is 15.0 Å². The van der Waals surface area contributed by atoms with Crippen molar-refractivity contribution in [1.82, 2.24) is 10.0 Å². The standard InChI is InChI=1S/C10H19N3O2.C10H21N3O/c1-7(2)4-9(15)5-13-6-10(8(3)14)11-12-13;1-4-9-6-13(12-11-9)7-10(14)5-8(2)3/h7,9-10,15H,4-6H2,1-3H3;8-10,14H,4-7H2,1-3H3. The van der Waals surface area contributed by atoms with Crippen molar-refractivity contribution in [2.24, 2.45) is 32.5 Å². The van der Waals surface area contributed by atoms with Gasteiger partial charge in [-0.05, 0) is 38.0 Å². The SMILES string of the molecule is CC(=O)C1CN(CC(O)CC(C)C)N=N1.CCC1CN(CC(O)CC(C)C)N=N1. The van der Waals surface area contributed by atoms with Gasteiger partial charge in [-0.1, -0.05) is 45.1 Å². The first-order valence-electron chi connectivity index (χ1n) is 10.8. The third-order valence-electron chi connectivity index (χ3n) is 4.73. The number of aliphatic hydroxyl groups is 2. The molecule has 2 heterocycles. The second-order valence-electron chi connectivity index (χ2n) is 8.91. The molecule has 0 bridgehead atoms. The van der Waals surface area contributed by atoms with Gasteiger partial charge in [0.2, 0.25) is 0 Å². The molecule has 4 atom stereocenters. The smallest absolute Gasteiger partial charge is 0.158 e. The lowest BCUT2D eigenvalue weighted by Gasteiger charge is -2.19. The molecule has 2 aliphatic heterocycles. The molecule has 29 heavy (non-hydrogen) atoms. The van der Waals surface area contributed by atoms with E-state index in [0.717, 1.165) is 25.8 Å². The van der Waals surface area contributed by atoms with Gasteiger partial charge in [-0.3, -0.25) is 14.8 Å². The zero-order chi connectivity index (χ0) is 22.0. The lowest BCUT2D eigenvalue weighted by atomic mass is 10.1. The Hall–Kier alpha value is -1.61. The Balaban J connectivity index is 0.000000291. The molecular weight excluding hydrogens is 372 g/mol. The summed E-state index contributed by atoms with van der Waals surface area (Å²) in [6.07, 6.45) is 1.94. The van der Waals surface area contributed by atoms with E-state index < -0.39 is 6.10 Å². The molecule has 0 aromatic rings. The summed E-state index contributed by atoms with van der Waals surface area (Å²) in [5, 5.41) is 38.8. The van der Waals surface area contributed by atoms with E-state index in [4.69, 9.17) is 0 Å². The maximum absolute atomic E-state index is 11.0. The number of aliphatic hydroxyl groups excluding tert-OH is 2. The molecule has 0 saturated carbocycles. The fraction of sp³-hybridized carbons (Fsp3) is 0.950. The minimum Gasteiger partial charge on any atom is -0.391 e. The number of hydrogen-bond acceptors (Lipinski definition) is 9. The first-order valence-corrected chi connectivity index (χ1v) is 10.8. The van der Waals surface area contributed by atoms with Gasteiger partial charge in [0.1, 0.15) is 6.04 Å². The van der Waals surface area contributed by atoms with Crippen LogP contribution >= 0.6 is 0 Å². The number of Topliss-reactive ketones (excluding diaryl/α,β-unsaturated/α-hetero) is 1. The summed E-state index contributed by atoms with van der Waals surface area (Å²) >= 11 is 0. The van der Waals surface area contributed by atoms with Crippen LogP contribution in [0.3, 0.4) is 0 Å². The zero-order valence-electron chi connectivity index (χ0n) is 18.9. The Morgan fingerprint density at radius 1 is 0.931 bits per heavy atom. The lowest BCUT2D eigenvalue weighted by molar-refractivity contribution is -0.118. The van der Waals surface area contributed by atoms with Gasteiger partial charge in [0.15, 0.2) is 5.78 Å². The largest absolute Gasteiger partial charge is 0.391 e. The summed E-state index contributed by atoms with van der Waals surface area (Å²) in [6, 6.07) is -0.00231. The lowest BCUT2D eigenvalue weighted by Crippen LogP contribution is -2.32. The van der Waals surface area contributed by atoms with Gasteiger partial charge < -0.3 is 10.2 Å². The quantitative estimate of drug-likeness (QED) is 0.573. The van der Waals surface area contributed by atoms with Crippen molar-refractivity contribution in [2.45, 2.75) is 85.1 Å². The Labute approximate surface area is 175 Å². The maximum Gasteiger partial charge on any atom is 0.158 e. The van der Waals surface area contributed by atoms with Crippen LogP contribution in [0.15, 0.2) is 20.7 Å². The molecule has 0 saturated heterocycles. The summed E-state index contributed by atoms with van der Waals surface area (Å²) in [5.74, 6) is 1.02. The summed E-state index contributed by atoms with van der Waals surface area (Å²) in [4.78, 5) is 11.0. The van der Waals surface area contributed by atoms with Gasteiger partial charge in [-0.15, -0.1) is 0 Å². The van der Waals surface area contributed by atoms with Crippen molar-refractivity contribution in [2.75, 3.05) is 26.2 Å². The third-order valence-corrected chi connectivity index (χ3v) is 4.73. The Morgan fingerprint density at radius 2 is 1.41 bits per heavy atom. The number of rotatable bonds is 10. The number of ketones is 1. The van der Waals surface area contributed by atoms with E-state index in [1.54, 1.807) is 5.01 Å². The van der Waals surface area contributed by atoms with Gasteiger partial charge in [-0.2, -0.15) is 10.2 Å². The molecule has 9 nitrogen and oxygen atoms in total. The highest BCUT2D eigenvalue weighted by Crippen LogP contribution is 2.14. The van der Waals surface area contributed by atoms with E-state index in [0.29, 0.717) is 37.5 Å². The molecule has 0 aromatic carbocycles. The number of carbonyl (C=O) groups excluding carboxylic acids is 1. The second-order valence-corrected chi connectivity index (χ2v) is 8.91. The molecule has 2 rings (SSSR count). The first-order chi connectivity index (χ1) is 13.6. The van der Waals surface area contributed by atoms with Crippen LogP contribution in [0.2, 0.25) is 0 Å². The molecule has 4 unspecified atom stereocenters. The number of carbonyl (C=O) groups is 1. The molecule has 168 valence electrons.